The molecule has 0 saturated carbocycles. The summed E-state index contributed by atoms with van der Waals surface area (Å²) in [5, 5.41) is 0. The van der Waals surface area contributed by atoms with Crippen LogP contribution in [0.3, 0.4) is 0 Å². The van der Waals surface area contributed by atoms with Gasteiger partial charge in [-0.2, -0.15) is 0 Å². The van der Waals surface area contributed by atoms with Crippen molar-refractivity contribution in [1.82, 2.24) is 0 Å². The van der Waals surface area contributed by atoms with Gasteiger partial charge < -0.3 is 10.6 Å². The number of aryl methyl sites for hydroxylation is 1. The molecule has 0 saturated heterocycles. The van der Waals surface area contributed by atoms with Gasteiger partial charge in [0.2, 0.25) is 0 Å². The zero-order valence-corrected chi connectivity index (χ0v) is 12.4. The van der Waals surface area contributed by atoms with Crippen LogP contribution in [0.25, 0.3) is 0 Å². The zero-order valence-electron chi connectivity index (χ0n) is 10.8. The maximum Gasteiger partial charge on any atom is 0.0440 e. The predicted molar refractivity (Wildman–Crippen MR) is 84.4 cm³/mol. The Labute approximate surface area is 122 Å². The number of hydrogen-bond acceptors (Lipinski definition) is 2. The van der Waals surface area contributed by atoms with Crippen LogP contribution in [0.1, 0.15) is 17.5 Å². The van der Waals surface area contributed by atoms with Crippen LogP contribution >= 0.6 is 15.9 Å². The maximum atomic E-state index is 5.93. The highest BCUT2D eigenvalue weighted by atomic mass is 79.9. The molecule has 2 nitrogen and oxygen atoms in total. The minimum absolute atomic E-state index is 0.845. The number of hydrogen-bond donors (Lipinski definition) is 1. The first-order valence-corrected chi connectivity index (χ1v) is 7.40. The maximum absolute atomic E-state index is 5.93. The van der Waals surface area contributed by atoms with E-state index in [-0.39, 0.29) is 0 Å². The summed E-state index contributed by atoms with van der Waals surface area (Å²) < 4.78 is 1.17. The number of nitrogens with two attached hydrogens (primary N) is 1. The first kappa shape index (κ1) is 12.5. The van der Waals surface area contributed by atoms with E-state index in [1.54, 1.807) is 0 Å². The number of benzene rings is 2. The SMILES string of the molecule is Nc1ccc2c(c1)N(Cc1ccccc1Br)CCC2. The highest BCUT2D eigenvalue weighted by Gasteiger charge is 2.17. The lowest BCUT2D eigenvalue weighted by Gasteiger charge is -2.32. The molecule has 1 aliphatic heterocycles. The Morgan fingerprint density at radius 3 is 2.84 bits per heavy atom. The third-order valence-corrected chi connectivity index (χ3v) is 4.42. The summed E-state index contributed by atoms with van der Waals surface area (Å²) in [5.41, 5.74) is 10.8. The first-order valence-electron chi connectivity index (χ1n) is 6.61. The lowest BCUT2D eigenvalue weighted by molar-refractivity contribution is 0.690. The normalized spacial score (nSPS) is 14.3. The number of nitrogens with zero attached hydrogens (tertiary/aromatic N) is 1. The zero-order chi connectivity index (χ0) is 13.2. The van der Waals surface area contributed by atoms with Crippen molar-refractivity contribution in [3.63, 3.8) is 0 Å². The van der Waals surface area contributed by atoms with Gasteiger partial charge in [-0.3, -0.25) is 0 Å². The van der Waals surface area contributed by atoms with Crippen molar-refractivity contribution in [3.8, 4) is 0 Å². The molecule has 1 aliphatic rings. The average molecular weight is 317 g/mol. The van der Waals surface area contributed by atoms with Gasteiger partial charge in [0.25, 0.3) is 0 Å². The van der Waals surface area contributed by atoms with Gasteiger partial charge in [-0.15, -0.1) is 0 Å². The second-order valence-electron chi connectivity index (χ2n) is 5.00. The van der Waals surface area contributed by atoms with E-state index in [2.05, 4.69) is 57.2 Å². The number of rotatable bonds is 2. The monoisotopic (exact) mass is 316 g/mol. The highest BCUT2D eigenvalue weighted by Crippen LogP contribution is 2.31. The average Bonchev–Trinajstić information content (AvgIpc) is 2.42. The predicted octanol–water partition coefficient (Wildman–Crippen LogP) is 3.98. The summed E-state index contributed by atoms with van der Waals surface area (Å²) in [7, 11) is 0. The molecule has 0 aromatic heterocycles. The van der Waals surface area contributed by atoms with Crippen LogP contribution in [0, 0.1) is 0 Å². The van der Waals surface area contributed by atoms with Crippen LogP contribution in [-0.4, -0.2) is 6.54 Å². The van der Waals surface area contributed by atoms with Gasteiger partial charge in [-0.05, 0) is 42.2 Å². The minimum atomic E-state index is 0.845. The van der Waals surface area contributed by atoms with Crippen LogP contribution in [0.2, 0.25) is 0 Å². The van der Waals surface area contributed by atoms with Crippen LogP contribution < -0.4 is 10.6 Å². The topological polar surface area (TPSA) is 29.3 Å². The van der Waals surface area contributed by atoms with E-state index in [0.29, 0.717) is 0 Å². The van der Waals surface area contributed by atoms with Crippen molar-refractivity contribution in [2.45, 2.75) is 19.4 Å². The smallest absolute Gasteiger partial charge is 0.0440 e. The molecule has 98 valence electrons. The van der Waals surface area contributed by atoms with E-state index >= 15 is 0 Å². The fourth-order valence-electron chi connectivity index (χ4n) is 2.66. The summed E-state index contributed by atoms with van der Waals surface area (Å²) in [6.45, 7) is 2.02. The molecule has 2 aromatic carbocycles. The number of anilines is 2. The van der Waals surface area contributed by atoms with E-state index in [4.69, 9.17) is 5.73 Å². The molecule has 0 spiro atoms. The molecule has 0 fully saturated rings. The number of halogens is 1. The van der Waals surface area contributed by atoms with Crippen LogP contribution in [0.4, 0.5) is 11.4 Å². The van der Waals surface area contributed by atoms with E-state index < -0.39 is 0 Å². The molecular formula is C16H17BrN2. The van der Waals surface area contributed by atoms with Crippen LogP contribution in [-0.2, 0) is 13.0 Å². The molecule has 0 atom stereocenters. The van der Waals surface area contributed by atoms with Crippen molar-refractivity contribution < 1.29 is 0 Å². The Bertz CT molecular complexity index is 595. The summed E-state index contributed by atoms with van der Waals surface area (Å²) in [4.78, 5) is 2.43. The fraction of sp³-hybridized carbons (Fsp3) is 0.250. The van der Waals surface area contributed by atoms with E-state index in [9.17, 15) is 0 Å². The Morgan fingerprint density at radius 1 is 1.16 bits per heavy atom. The van der Waals surface area contributed by atoms with Crippen molar-refractivity contribution >= 4 is 27.3 Å². The highest BCUT2D eigenvalue weighted by molar-refractivity contribution is 9.10. The van der Waals surface area contributed by atoms with Crippen molar-refractivity contribution in [1.29, 1.82) is 0 Å². The molecule has 0 bridgehead atoms. The number of nitrogen functional groups attached to an aromatic ring is 1. The van der Waals surface area contributed by atoms with Crippen molar-refractivity contribution in [3.05, 3.63) is 58.1 Å². The minimum Gasteiger partial charge on any atom is -0.399 e. The van der Waals surface area contributed by atoms with Gasteiger partial charge in [0.15, 0.2) is 0 Å². The van der Waals surface area contributed by atoms with Gasteiger partial charge >= 0.3 is 0 Å². The van der Waals surface area contributed by atoms with Gasteiger partial charge in [-0.25, -0.2) is 0 Å². The molecule has 2 aromatic rings. The van der Waals surface area contributed by atoms with Gasteiger partial charge in [-0.1, -0.05) is 40.2 Å². The first-order chi connectivity index (χ1) is 9.24. The van der Waals surface area contributed by atoms with E-state index in [1.807, 2.05) is 6.07 Å². The molecule has 1 heterocycles. The van der Waals surface area contributed by atoms with E-state index in [0.717, 1.165) is 25.2 Å². The molecule has 0 radical (unpaired) electrons. The summed E-state index contributed by atoms with van der Waals surface area (Å²) in [6, 6.07) is 14.7. The Balaban J connectivity index is 1.92. The molecule has 0 aliphatic carbocycles. The van der Waals surface area contributed by atoms with E-state index in [1.165, 1.54) is 27.7 Å². The summed E-state index contributed by atoms with van der Waals surface area (Å²) in [5.74, 6) is 0. The Hall–Kier alpha value is -1.48. The number of fused-ring (bicyclic) bond motifs is 1. The summed E-state index contributed by atoms with van der Waals surface area (Å²) in [6.07, 6.45) is 2.36. The third kappa shape index (κ3) is 2.61. The summed E-state index contributed by atoms with van der Waals surface area (Å²) >= 11 is 3.63. The fourth-order valence-corrected chi connectivity index (χ4v) is 3.07. The molecule has 19 heavy (non-hydrogen) atoms. The molecule has 2 N–H and O–H groups in total. The van der Waals surface area contributed by atoms with Gasteiger partial charge in [0, 0.05) is 28.9 Å². The van der Waals surface area contributed by atoms with Crippen molar-refractivity contribution in [2.24, 2.45) is 0 Å². The standard InChI is InChI=1S/C16H17BrN2/c17-15-6-2-1-4-13(15)11-19-9-3-5-12-7-8-14(18)10-16(12)19/h1-2,4,6-8,10H,3,5,9,11,18H2. The van der Waals surface area contributed by atoms with Crippen LogP contribution in [0.15, 0.2) is 46.9 Å². The van der Waals surface area contributed by atoms with Gasteiger partial charge in [0.05, 0.1) is 0 Å². The van der Waals surface area contributed by atoms with Gasteiger partial charge in [0.1, 0.15) is 0 Å². The molecule has 3 rings (SSSR count). The lowest BCUT2D eigenvalue weighted by atomic mass is 10.0. The molecule has 0 unspecified atom stereocenters. The molecule has 0 amide bonds. The second-order valence-corrected chi connectivity index (χ2v) is 5.86. The largest absolute Gasteiger partial charge is 0.399 e. The van der Waals surface area contributed by atoms with Crippen molar-refractivity contribution in [2.75, 3.05) is 17.2 Å². The second kappa shape index (κ2) is 5.25. The quantitative estimate of drug-likeness (QED) is 0.849. The lowest BCUT2D eigenvalue weighted by Crippen LogP contribution is -2.29. The molecular weight excluding hydrogens is 300 g/mol. The Morgan fingerprint density at radius 2 is 2.00 bits per heavy atom. The Kier molecular flexibility index (Phi) is 3.47. The third-order valence-electron chi connectivity index (χ3n) is 3.64. The van der Waals surface area contributed by atoms with Crippen LogP contribution in [0.5, 0.6) is 0 Å². The molecule has 3 heteroatoms.